The number of nitrogens with one attached hydrogen (secondary N) is 1. The fraction of sp³-hybridized carbons (Fsp3) is 0.370. The van der Waals surface area contributed by atoms with Crippen molar-refractivity contribution >= 4 is 61.7 Å². The molecule has 0 radical (unpaired) electrons. The van der Waals surface area contributed by atoms with Gasteiger partial charge in [-0.05, 0) is 30.8 Å². The smallest absolute Gasteiger partial charge is 0.319 e. The van der Waals surface area contributed by atoms with E-state index >= 15 is 4.39 Å². The van der Waals surface area contributed by atoms with Crippen molar-refractivity contribution in [3.8, 4) is 17.3 Å². The van der Waals surface area contributed by atoms with E-state index in [4.69, 9.17) is 21.3 Å². The first-order valence-corrected chi connectivity index (χ1v) is 14.5. The fourth-order valence-corrected chi connectivity index (χ4v) is 6.48. The average Bonchev–Trinajstić information content (AvgIpc) is 3.40. The Morgan fingerprint density at radius 1 is 1.11 bits per heavy atom. The third-order valence-electron chi connectivity index (χ3n) is 7.23. The lowest BCUT2D eigenvalue weighted by atomic mass is 10.0. The molecule has 1 atom stereocenters. The minimum absolute atomic E-state index is 0.202. The summed E-state index contributed by atoms with van der Waals surface area (Å²) in [4.78, 5) is 18.5. The molecule has 10 heteroatoms. The van der Waals surface area contributed by atoms with Crippen LogP contribution in [0.5, 0.6) is 6.01 Å². The van der Waals surface area contributed by atoms with Gasteiger partial charge in [-0.1, -0.05) is 64.5 Å². The van der Waals surface area contributed by atoms with Crippen molar-refractivity contribution < 1.29 is 9.13 Å². The molecule has 2 aliphatic rings. The van der Waals surface area contributed by atoms with Gasteiger partial charge in [0.25, 0.3) is 0 Å². The molecule has 2 fully saturated rings. The van der Waals surface area contributed by atoms with E-state index in [1.165, 1.54) is 0 Å². The van der Waals surface area contributed by atoms with Gasteiger partial charge >= 0.3 is 6.01 Å². The average molecular weight is 633 g/mol. The van der Waals surface area contributed by atoms with Crippen molar-refractivity contribution in [2.24, 2.45) is 0 Å². The van der Waals surface area contributed by atoms with E-state index in [9.17, 15) is 0 Å². The summed E-state index contributed by atoms with van der Waals surface area (Å²) < 4.78 is 23.4. The number of hydrogen-bond donors (Lipinski definition) is 1. The summed E-state index contributed by atoms with van der Waals surface area (Å²) in [5.74, 6) is 0.163. The molecule has 2 aliphatic heterocycles. The highest BCUT2D eigenvalue weighted by molar-refractivity contribution is 14.1. The van der Waals surface area contributed by atoms with Crippen molar-refractivity contribution in [1.29, 1.82) is 0 Å². The van der Waals surface area contributed by atoms with Gasteiger partial charge < -0.3 is 15.0 Å². The zero-order valence-electron chi connectivity index (χ0n) is 20.3. The Bertz CT molecular complexity index is 1440. The highest BCUT2D eigenvalue weighted by atomic mass is 127. The largest absolute Gasteiger partial charge is 0.462 e. The summed E-state index contributed by atoms with van der Waals surface area (Å²) in [6.45, 7) is 4.73. The predicted octanol–water partition coefficient (Wildman–Crippen LogP) is 5.28. The lowest BCUT2D eigenvalue weighted by Crippen LogP contribution is -2.44. The van der Waals surface area contributed by atoms with Gasteiger partial charge in [0.1, 0.15) is 23.6 Å². The van der Waals surface area contributed by atoms with E-state index in [0.29, 0.717) is 34.4 Å². The van der Waals surface area contributed by atoms with Gasteiger partial charge in [0, 0.05) is 54.4 Å². The van der Waals surface area contributed by atoms with Crippen LogP contribution < -0.4 is 15.0 Å². The number of piperazine rings is 1. The minimum atomic E-state index is -0.497. The van der Waals surface area contributed by atoms with Crippen LogP contribution in [-0.4, -0.2) is 69.8 Å². The molecule has 0 saturated carbocycles. The second kappa shape index (κ2) is 10.8. The van der Waals surface area contributed by atoms with Gasteiger partial charge in [0.15, 0.2) is 5.82 Å². The normalized spacial score (nSPS) is 18.7. The molecule has 6 rings (SSSR count). The molecule has 0 aliphatic carbocycles. The summed E-state index contributed by atoms with van der Waals surface area (Å²) in [6.07, 6.45) is 3.91. The highest BCUT2D eigenvalue weighted by Crippen LogP contribution is 2.37. The summed E-state index contributed by atoms with van der Waals surface area (Å²) in [7, 11) is 0. The number of rotatable bonds is 6. The Hall–Kier alpha value is -2.34. The molecule has 4 heterocycles. The van der Waals surface area contributed by atoms with Crippen molar-refractivity contribution in [3.63, 3.8) is 0 Å². The number of aromatic nitrogens is 3. The number of anilines is 1. The number of halogens is 3. The topological polar surface area (TPSA) is 66.4 Å². The van der Waals surface area contributed by atoms with E-state index < -0.39 is 5.82 Å². The maximum absolute atomic E-state index is 16.3. The lowest BCUT2D eigenvalue weighted by molar-refractivity contribution is 0.186. The number of pyridine rings is 1. The van der Waals surface area contributed by atoms with E-state index in [0.717, 1.165) is 60.9 Å². The Labute approximate surface area is 233 Å². The molecule has 0 spiro atoms. The molecule has 2 saturated heterocycles. The van der Waals surface area contributed by atoms with Gasteiger partial charge in [-0.15, -0.1) is 0 Å². The zero-order chi connectivity index (χ0) is 25.4. The van der Waals surface area contributed by atoms with Gasteiger partial charge in [0.05, 0.1) is 9.94 Å². The van der Waals surface area contributed by atoms with Gasteiger partial charge in [-0.25, -0.2) is 4.39 Å². The second-order valence-electron chi connectivity index (χ2n) is 9.43. The summed E-state index contributed by atoms with van der Waals surface area (Å²) in [5, 5.41) is 6.19. The standard InChI is InChI=1S/C27H27ClFIN6O/c28-21-8-2-5-17-4-1-7-19(22(17)21)24-23(29)25-20(14-32-24)26(35-12-9-31-10-13-35)34-27(33-25)37-15-18-6-3-11-36(18)16-30/h1-2,4-5,7-8,14,18,31H,3,6,9-13,15-16H2. The van der Waals surface area contributed by atoms with Crippen molar-refractivity contribution in [2.45, 2.75) is 18.9 Å². The first kappa shape index (κ1) is 25.0. The monoisotopic (exact) mass is 632 g/mol. The maximum atomic E-state index is 16.3. The Kier molecular flexibility index (Phi) is 7.29. The molecule has 0 amide bonds. The fourth-order valence-electron chi connectivity index (χ4n) is 5.30. The van der Waals surface area contributed by atoms with Crippen LogP contribution in [0.25, 0.3) is 32.9 Å². The van der Waals surface area contributed by atoms with Crippen molar-refractivity contribution in [3.05, 3.63) is 53.4 Å². The second-order valence-corrected chi connectivity index (χ2v) is 10.5. The molecule has 1 N–H and O–H groups in total. The van der Waals surface area contributed by atoms with E-state index in [1.54, 1.807) is 6.20 Å². The molecule has 37 heavy (non-hydrogen) atoms. The van der Waals surface area contributed by atoms with Gasteiger partial charge in [-0.3, -0.25) is 9.88 Å². The van der Waals surface area contributed by atoms with E-state index in [2.05, 4.69) is 47.7 Å². The van der Waals surface area contributed by atoms with E-state index in [1.807, 2.05) is 36.4 Å². The Balaban J connectivity index is 1.46. The first-order chi connectivity index (χ1) is 18.1. The first-order valence-electron chi connectivity index (χ1n) is 12.6. The lowest BCUT2D eigenvalue weighted by Gasteiger charge is -2.29. The number of nitrogens with zero attached hydrogens (tertiary/aromatic N) is 5. The molecular weight excluding hydrogens is 606 g/mol. The molecule has 192 valence electrons. The van der Waals surface area contributed by atoms with Crippen LogP contribution in [0.1, 0.15) is 12.8 Å². The molecule has 4 aromatic rings. The third-order valence-corrected chi connectivity index (χ3v) is 8.42. The van der Waals surface area contributed by atoms with E-state index in [-0.39, 0.29) is 17.2 Å². The number of fused-ring (bicyclic) bond motifs is 2. The SMILES string of the molecule is Fc1c(-c2cccc3cccc(Cl)c23)ncc2c(N3CCNCC3)nc(OCC3CCCN3CI)nc12. The number of ether oxygens (including phenoxy) is 1. The quantitative estimate of drug-likeness (QED) is 0.176. The van der Waals surface area contributed by atoms with Crippen molar-refractivity contribution in [2.75, 3.05) is 48.8 Å². The van der Waals surface area contributed by atoms with Crippen LogP contribution in [-0.2, 0) is 0 Å². The van der Waals surface area contributed by atoms with Crippen LogP contribution in [0.4, 0.5) is 10.2 Å². The van der Waals surface area contributed by atoms with Crippen LogP contribution >= 0.6 is 34.2 Å². The Morgan fingerprint density at radius 3 is 2.73 bits per heavy atom. The minimum Gasteiger partial charge on any atom is -0.462 e. The maximum Gasteiger partial charge on any atom is 0.319 e. The number of alkyl halides is 1. The molecule has 1 unspecified atom stereocenters. The van der Waals surface area contributed by atoms with Gasteiger partial charge in [-0.2, -0.15) is 9.97 Å². The molecular formula is C27H27ClFIN6O. The van der Waals surface area contributed by atoms with Crippen LogP contribution in [0.15, 0.2) is 42.6 Å². The van der Waals surface area contributed by atoms with Crippen LogP contribution in [0.2, 0.25) is 5.02 Å². The van der Waals surface area contributed by atoms with Crippen LogP contribution in [0, 0.1) is 5.82 Å². The third kappa shape index (κ3) is 4.82. The number of likely N-dealkylation sites (tertiary alicyclic amines) is 1. The highest BCUT2D eigenvalue weighted by Gasteiger charge is 2.26. The molecule has 2 aromatic heterocycles. The predicted molar refractivity (Wildman–Crippen MR) is 154 cm³/mol. The molecule has 0 bridgehead atoms. The van der Waals surface area contributed by atoms with Gasteiger partial charge in [0.2, 0.25) is 0 Å². The zero-order valence-corrected chi connectivity index (χ0v) is 23.2. The van der Waals surface area contributed by atoms with Crippen molar-refractivity contribution in [1.82, 2.24) is 25.2 Å². The Morgan fingerprint density at radius 2 is 1.92 bits per heavy atom. The summed E-state index contributed by atoms with van der Waals surface area (Å²) >= 11 is 8.94. The molecule has 7 nitrogen and oxygen atoms in total. The summed E-state index contributed by atoms with van der Waals surface area (Å²) in [6, 6.07) is 11.9. The van der Waals surface area contributed by atoms with Crippen LogP contribution in [0.3, 0.4) is 0 Å². The number of benzene rings is 2. The number of hydrogen-bond acceptors (Lipinski definition) is 7. The summed E-state index contributed by atoms with van der Waals surface area (Å²) in [5.41, 5.74) is 1.06. The molecule has 2 aromatic carbocycles.